The van der Waals surface area contributed by atoms with Gasteiger partial charge >= 0.3 is 24.1 Å². The number of benzene rings is 1. The number of amides is 2. The Kier molecular flexibility index (Phi) is 6.08. The minimum Gasteiger partial charge on any atom is -0.385 e. The molecule has 1 aromatic carbocycles. The number of thiazole rings is 1. The van der Waals surface area contributed by atoms with Crippen molar-refractivity contribution in [3.8, 4) is 10.4 Å². The number of esters is 2. The van der Waals surface area contributed by atoms with Crippen LogP contribution in [0.25, 0.3) is 10.4 Å². The van der Waals surface area contributed by atoms with Gasteiger partial charge in [0.25, 0.3) is 0 Å². The van der Waals surface area contributed by atoms with Crippen LogP contribution in [0.5, 0.6) is 0 Å². The van der Waals surface area contributed by atoms with Crippen LogP contribution in [0.3, 0.4) is 0 Å². The number of carbonyl (C=O) groups is 3. The molecule has 1 saturated heterocycles. The maximum Gasteiger partial charge on any atom is 0.491 e. The van der Waals surface area contributed by atoms with Crippen molar-refractivity contribution in [3.63, 3.8) is 0 Å². The predicted molar refractivity (Wildman–Crippen MR) is 101 cm³/mol. The van der Waals surface area contributed by atoms with Crippen LogP contribution in [0, 0.1) is 0 Å². The van der Waals surface area contributed by atoms with E-state index in [1.165, 1.54) is 16.2 Å². The number of urea groups is 1. The first-order valence-corrected chi connectivity index (χ1v) is 9.60. The first-order chi connectivity index (χ1) is 14.1. The molecule has 3 N–H and O–H groups in total. The number of hydrogen-bond donors (Lipinski definition) is 2. The molecule has 3 rings (SSSR count). The van der Waals surface area contributed by atoms with E-state index in [4.69, 9.17) is 5.73 Å². The summed E-state index contributed by atoms with van der Waals surface area (Å²) in [5, 5.41) is 3.02. The normalized spacial score (nSPS) is 16.1. The van der Waals surface area contributed by atoms with E-state index >= 15 is 0 Å². The van der Waals surface area contributed by atoms with Crippen molar-refractivity contribution in [1.82, 2.24) is 9.88 Å². The minimum atomic E-state index is -5.29. The van der Waals surface area contributed by atoms with Gasteiger partial charge in [-0.25, -0.2) is 19.4 Å². The predicted octanol–water partition coefficient (Wildman–Crippen LogP) is 2.77. The lowest BCUT2D eigenvalue weighted by Crippen LogP contribution is -2.58. The Hall–Kier alpha value is -2.99. The Morgan fingerprint density at radius 3 is 2.40 bits per heavy atom. The summed E-state index contributed by atoms with van der Waals surface area (Å²) in [6.45, 7) is -0.0108. The molecule has 0 radical (unpaired) electrons. The molecule has 12 heteroatoms. The third kappa shape index (κ3) is 4.94. The third-order valence-electron chi connectivity index (χ3n) is 4.54. The van der Waals surface area contributed by atoms with E-state index in [0.29, 0.717) is 5.13 Å². The molecule has 8 nitrogen and oxygen atoms in total. The number of nitrogens with one attached hydrogen (secondary N) is 1. The molecule has 1 aliphatic heterocycles. The molecule has 2 heterocycles. The molecule has 0 atom stereocenters. The zero-order chi connectivity index (χ0) is 21.9. The quantitative estimate of drug-likeness (QED) is 0.558. The monoisotopic (exact) mass is 442 g/mol. The average Bonchev–Trinajstić information content (AvgIpc) is 3.17. The highest BCUT2D eigenvalue weighted by molar-refractivity contribution is 7.19. The highest BCUT2D eigenvalue weighted by Crippen LogP contribution is 2.29. The molecule has 1 aromatic heterocycles. The van der Waals surface area contributed by atoms with E-state index in [-0.39, 0.29) is 25.9 Å². The zero-order valence-electron chi connectivity index (χ0n) is 15.4. The van der Waals surface area contributed by atoms with Gasteiger partial charge < -0.3 is 15.4 Å². The molecule has 0 bridgehead atoms. The second-order valence-electron chi connectivity index (χ2n) is 6.64. The summed E-state index contributed by atoms with van der Waals surface area (Å²) >= 11 is 1.28. The maximum atomic E-state index is 12.4. The van der Waals surface area contributed by atoms with Crippen LogP contribution < -0.4 is 11.1 Å². The summed E-state index contributed by atoms with van der Waals surface area (Å²) in [6.07, 6.45) is -3.97. The molecule has 0 saturated carbocycles. The lowest BCUT2D eigenvalue weighted by Gasteiger charge is -2.36. The number of piperidine rings is 1. The number of aromatic nitrogens is 1. The standard InChI is InChI=1S/C18H17F3N4O4S/c19-18(20,21)14(27)29-13(26)17(22)6-8-25(9-7-17)16(28)24-15-23-10-12(30-15)11-4-2-1-3-5-11/h1-5,10H,6-9,22H2,(H,23,24,28). The van der Waals surface area contributed by atoms with Gasteiger partial charge in [0.15, 0.2) is 5.13 Å². The van der Waals surface area contributed by atoms with Gasteiger partial charge in [-0.2, -0.15) is 13.2 Å². The van der Waals surface area contributed by atoms with Crippen LogP contribution in [0.1, 0.15) is 12.8 Å². The number of nitrogens with two attached hydrogens (primary N) is 1. The number of hydrogen-bond acceptors (Lipinski definition) is 7. The smallest absolute Gasteiger partial charge is 0.385 e. The van der Waals surface area contributed by atoms with E-state index in [9.17, 15) is 27.6 Å². The molecule has 2 aromatic rings. The van der Waals surface area contributed by atoms with Gasteiger partial charge in [0.05, 0.1) is 4.88 Å². The topological polar surface area (TPSA) is 115 Å². The Labute approximate surface area is 172 Å². The number of halogens is 3. The second kappa shape index (κ2) is 8.40. The van der Waals surface area contributed by atoms with Crippen LogP contribution in [-0.4, -0.2) is 52.7 Å². The summed E-state index contributed by atoms with van der Waals surface area (Å²) in [5.41, 5.74) is 4.99. The van der Waals surface area contributed by atoms with Gasteiger partial charge in [0.1, 0.15) is 5.54 Å². The Morgan fingerprint density at radius 1 is 1.17 bits per heavy atom. The van der Waals surface area contributed by atoms with Crippen molar-refractivity contribution in [3.05, 3.63) is 36.5 Å². The number of carbonyl (C=O) groups excluding carboxylic acids is 3. The van der Waals surface area contributed by atoms with E-state index in [0.717, 1.165) is 10.4 Å². The van der Waals surface area contributed by atoms with Crippen LogP contribution in [0.2, 0.25) is 0 Å². The van der Waals surface area contributed by atoms with Gasteiger partial charge in [0.2, 0.25) is 0 Å². The first-order valence-electron chi connectivity index (χ1n) is 8.78. The van der Waals surface area contributed by atoms with Gasteiger partial charge in [0, 0.05) is 19.3 Å². The van der Waals surface area contributed by atoms with Gasteiger partial charge in [-0.05, 0) is 18.4 Å². The van der Waals surface area contributed by atoms with E-state index in [2.05, 4.69) is 15.0 Å². The number of rotatable bonds is 3. The first kappa shape index (κ1) is 21.7. The molecular formula is C18H17F3N4O4S. The molecular weight excluding hydrogens is 425 g/mol. The van der Waals surface area contributed by atoms with Crippen molar-refractivity contribution >= 4 is 34.4 Å². The Bertz CT molecular complexity index is 940. The fourth-order valence-electron chi connectivity index (χ4n) is 2.79. The lowest BCUT2D eigenvalue weighted by atomic mass is 9.89. The highest BCUT2D eigenvalue weighted by Gasteiger charge is 2.47. The number of likely N-dealkylation sites (tertiary alicyclic amines) is 1. The molecule has 160 valence electrons. The SMILES string of the molecule is NC1(C(=O)OC(=O)C(F)(F)F)CCN(C(=O)Nc2ncc(-c3ccccc3)s2)CC1. The second-order valence-corrected chi connectivity index (χ2v) is 7.67. The van der Waals surface area contributed by atoms with Crippen LogP contribution >= 0.6 is 11.3 Å². The summed E-state index contributed by atoms with van der Waals surface area (Å²) < 4.78 is 40.6. The molecule has 2 amide bonds. The third-order valence-corrected chi connectivity index (χ3v) is 5.51. The molecule has 0 unspecified atom stereocenters. The Balaban J connectivity index is 1.55. The fraction of sp³-hybridized carbons (Fsp3) is 0.333. The maximum absolute atomic E-state index is 12.4. The summed E-state index contributed by atoms with van der Waals surface area (Å²) in [5.74, 6) is -4.08. The molecule has 30 heavy (non-hydrogen) atoms. The number of anilines is 1. The van der Waals surface area contributed by atoms with Gasteiger partial charge in [-0.15, -0.1) is 0 Å². The van der Waals surface area contributed by atoms with Crippen molar-refractivity contribution in [1.29, 1.82) is 0 Å². The van der Waals surface area contributed by atoms with E-state index in [1.54, 1.807) is 6.20 Å². The summed E-state index contributed by atoms with van der Waals surface area (Å²) in [6, 6.07) is 8.99. The van der Waals surface area contributed by atoms with Crippen LogP contribution in [-0.2, 0) is 14.3 Å². The summed E-state index contributed by atoms with van der Waals surface area (Å²) in [4.78, 5) is 41.5. The number of ether oxygens (including phenoxy) is 1. The average molecular weight is 442 g/mol. The largest absolute Gasteiger partial charge is 0.491 e. The lowest BCUT2D eigenvalue weighted by molar-refractivity contribution is -0.204. The van der Waals surface area contributed by atoms with Crippen molar-refractivity contribution < 1.29 is 32.3 Å². The van der Waals surface area contributed by atoms with Gasteiger partial charge in [-0.3, -0.25) is 5.32 Å². The summed E-state index contributed by atoms with van der Waals surface area (Å²) in [7, 11) is 0. The van der Waals surface area contributed by atoms with Crippen LogP contribution in [0.4, 0.5) is 23.1 Å². The number of alkyl halides is 3. The molecule has 0 aliphatic carbocycles. The minimum absolute atomic E-state index is 0.00540. The highest BCUT2D eigenvalue weighted by atomic mass is 32.1. The number of nitrogens with zero attached hydrogens (tertiary/aromatic N) is 2. The van der Waals surface area contributed by atoms with Crippen molar-refractivity contribution in [2.75, 3.05) is 18.4 Å². The van der Waals surface area contributed by atoms with E-state index in [1.807, 2.05) is 30.3 Å². The fourth-order valence-corrected chi connectivity index (χ4v) is 3.61. The van der Waals surface area contributed by atoms with Crippen LogP contribution in [0.15, 0.2) is 36.5 Å². The molecule has 0 spiro atoms. The molecule has 1 fully saturated rings. The molecule has 1 aliphatic rings. The van der Waals surface area contributed by atoms with Gasteiger partial charge in [-0.1, -0.05) is 41.7 Å². The van der Waals surface area contributed by atoms with E-state index < -0.39 is 29.7 Å². The Morgan fingerprint density at radius 2 is 1.80 bits per heavy atom. The van der Waals surface area contributed by atoms with Crippen molar-refractivity contribution in [2.45, 2.75) is 24.6 Å². The van der Waals surface area contributed by atoms with Crippen molar-refractivity contribution in [2.24, 2.45) is 5.73 Å². The zero-order valence-corrected chi connectivity index (χ0v) is 16.3.